The summed E-state index contributed by atoms with van der Waals surface area (Å²) in [5.41, 5.74) is 0.281. The predicted octanol–water partition coefficient (Wildman–Crippen LogP) is 2.73. The van der Waals surface area contributed by atoms with Crippen LogP contribution in [0.15, 0.2) is 64.4 Å². The van der Waals surface area contributed by atoms with E-state index in [1.54, 1.807) is 36.4 Å². The van der Waals surface area contributed by atoms with Crippen LogP contribution in [-0.4, -0.2) is 13.5 Å². The second-order valence-corrected chi connectivity index (χ2v) is 5.91. The van der Waals surface area contributed by atoms with Crippen molar-refractivity contribution in [2.45, 2.75) is 4.90 Å². The number of rotatable bonds is 3. The summed E-state index contributed by atoms with van der Waals surface area (Å²) in [4.78, 5) is -0.367. The SMILES string of the molecule is N#C/C(=C\c1ccccc1O)S(=O)(=O)c1ccccc1. The van der Waals surface area contributed by atoms with Gasteiger partial charge in [0.15, 0.2) is 0 Å². The molecule has 0 spiro atoms. The first-order valence-electron chi connectivity index (χ1n) is 5.75. The van der Waals surface area contributed by atoms with Gasteiger partial charge in [-0.1, -0.05) is 36.4 Å². The Morgan fingerprint density at radius 1 is 1.05 bits per heavy atom. The Kier molecular flexibility index (Phi) is 3.87. The molecule has 1 N–H and O–H groups in total. The maximum Gasteiger partial charge on any atom is 0.216 e. The van der Waals surface area contributed by atoms with Crippen LogP contribution in [0.3, 0.4) is 0 Å². The lowest BCUT2D eigenvalue weighted by molar-refractivity contribution is 0.474. The molecular weight excluding hydrogens is 274 g/mol. The van der Waals surface area contributed by atoms with Crippen molar-refractivity contribution in [2.24, 2.45) is 0 Å². The van der Waals surface area contributed by atoms with Gasteiger partial charge in [-0.15, -0.1) is 0 Å². The van der Waals surface area contributed by atoms with Gasteiger partial charge in [0, 0.05) is 5.56 Å². The second-order valence-electron chi connectivity index (χ2n) is 4.00. The van der Waals surface area contributed by atoms with E-state index < -0.39 is 14.7 Å². The van der Waals surface area contributed by atoms with Crippen molar-refractivity contribution in [3.63, 3.8) is 0 Å². The fraction of sp³-hybridized carbons (Fsp3) is 0. The number of phenols is 1. The van der Waals surface area contributed by atoms with Crippen molar-refractivity contribution in [2.75, 3.05) is 0 Å². The van der Waals surface area contributed by atoms with Gasteiger partial charge in [-0.2, -0.15) is 5.26 Å². The molecule has 2 aromatic rings. The van der Waals surface area contributed by atoms with Crippen molar-refractivity contribution >= 4 is 15.9 Å². The summed E-state index contributed by atoms with van der Waals surface area (Å²) < 4.78 is 24.6. The third-order valence-corrected chi connectivity index (χ3v) is 4.36. The highest BCUT2D eigenvalue weighted by molar-refractivity contribution is 7.95. The molecule has 0 aromatic heterocycles. The van der Waals surface area contributed by atoms with E-state index in [1.807, 2.05) is 0 Å². The molecule has 0 bridgehead atoms. The van der Waals surface area contributed by atoms with Gasteiger partial charge in [-0.25, -0.2) is 8.42 Å². The maximum absolute atomic E-state index is 12.3. The van der Waals surface area contributed by atoms with Crippen LogP contribution in [0.2, 0.25) is 0 Å². The van der Waals surface area contributed by atoms with Crippen LogP contribution in [0.25, 0.3) is 6.08 Å². The minimum absolute atomic E-state index is 0.0446. The van der Waals surface area contributed by atoms with Gasteiger partial charge in [0.05, 0.1) is 4.90 Å². The highest BCUT2D eigenvalue weighted by Crippen LogP contribution is 2.24. The number of nitriles is 1. The number of para-hydroxylation sites is 1. The van der Waals surface area contributed by atoms with Gasteiger partial charge in [0.25, 0.3) is 0 Å². The number of aromatic hydroxyl groups is 1. The second kappa shape index (κ2) is 5.59. The van der Waals surface area contributed by atoms with Gasteiger partial charge >= 0.3 is 0 Å². The Morgan fingerprint density at radius 2 is 1.65 bits per heavy atom. The minimum atomic E-state index is -3.88. The number of hydrogen-bond donors (Lipinski definition) is 1. The summed E-state index contributed by atoms with van der Waals surface area (Å²) in [7, 11) is -3.88. The van der Waals surface area contributed by atoms with Crippen molar-refractivity contribution in [1.82, 2.24) is 0 Å². The summed E-state index contributed by atoms with van der Waals surface area (Å²) >= 11 is 0. The molecule has 0 saturated carbocycles. The molecular formula is C15H11NO3S. The van der Waals surface area contributed by atoms with Crippen LogP contribution >= 0.6 is 0 Å². The Morgan fingerprint density at radius 3 is 2.25 bits per heavy atom. The van der Waals surface area contributed by atoms with E-state index in [9.17, 15) is 13.5 Å². The lowest BCUT2D eigenvalue weighted by atomic mass is 10.2. The molecule has 0 radical (unpaired) electrons. The van der Waals surface area contributed by atoms with Crippen LogP contribution in [0.1, 0.15) is 5.56 Å². The molecule has 0 aliphatic rings. The summed E-state index contributed by atoms with van der Waals surface area (Å²) in [5.74, 6) is -0.0801. The molecule has 20 heavy (non-hydrogen) atoms. The summed E-state index contributed by atoms with van der Waals surface area (Å²) in [6.07, 6.45) is 1.16. The van der Waals surface area contributed by atoms with Gasteiger partial charge in [0.2, 0.25) is 9.84 Å². The average Bonchev–Trinajstić information content (AvgIpc) is 2.47. The van der Waals surface area contributed by atoms with E-state index in [-0.39, 0.29) is 16.2 Å². The van der Waals surface area contributed by atoms with Crippen LogP contribution in [0, 0.1) is 11.3 Å². The highest BCUT2D eigenvalue weighted by atomic mass is 32.2. The Balaban J connectivity index is 2.55. The Bertz CT molecular complexity index is 787. The van der Waals surface area contributed by atoms with E-state index >= 15 is 0 Å². The molecule has 4 nitrogen and oxygen atoms in total. The lowest BCUT2D eigenvalue weighted by Gasteiger charge is -2.03. The molecule has 0 amide bonds. The molecule has 0 atom stereocenters. The van der Waals surface area contributed by atoms with Crippen LogP contribution in [-0.2, 0) is 9.84 Å². The third kappa shape index (κ3) is 2.71. The Hall–Kier alpha value is -2.58. The molecule has 0 fully saturated rings. The number of allylic oxidation sites excluding steroid dienone is 1. The van der Waals surface area contributed by atoms with Crippen LogP contribution in [0.5, 0.6) is 5.75 Å². The first-order chi connectivity index (χ1) is 9.55. The maximum atomic E-state index is 12.3. The molecule has 5 heteroatoms. The quantitative estimate of drug-likeness (QED) is 0.879. The summed E-state index contributed by atoms with van der Waals surface area (Å²) in [6, 6.07) is 15.6. The largest absolute Gasteiger partial charge is 0.507 e. The zero-order chi connectivity index (χ0) is 14.6. The number of hydrogen-bond acceptors (Lipinski definition) is 4. The predicted molar refractivity (Wildman–Crippen MR) is 75.3 cm³/mol. The zero-order valence-corrected chi connectivity index (χ0v) is 11.2. The fourth-order valence-electron chi connectivity index (χ4n) is 1.65. The van der Waals surface area contributed by atoms with Crippen molar-refractivity contribution in [1.29, 1.82) is 5.26 Å². The van der Waals surface area contributed by atoms with Gasteiger partial charge < -0.3 is 5.11 Å². The van der Waals surface area contributed by atoms with E-state index in [2.05, 4.69) is 0 Å². The van der Waals surface area contributed by atoms with E-state index in [0.29, 0.717) is 0 Å². The monoisotopic (exact) mass is 285 g/mol. The lowest BCUT2D eigenvalue weighted by Crippen LogP contribution is -2.03. The topological polar surface area (TPSA) is 78.2 Å². The summed E-state index contributed by atoms with van der Waals surface area (Å²) in [6.45, 7) is 0. The number of sulfone groups is 1. The third-order valence-electron chi connectivity index (χ3n) is 2.68. The van der Waals surface area contributed by atoms with Crippen LogP contribution < -0.4 is 0 Å². The first kappa shape index (κ1) is 13.8. The highest BCUT2D eigenvalue weighted by Gasteiger charge is 2.20. The smallest absolute Gasteiger partial charge is 0.216 e. The Labute approximate surface area is 117 Å². The van der Waals surface area contributed by atoms with E-state index in [4.69, 9.17) is 5.26 Å². The minimum Gasteiger partial charge on any atom is -0.507 e. The molecule has 0 heterocycles. The van der Waals surface area contributed by atoms with Crippen molar-refractivity contribution in [3.8, 4) is 11.8 Å². The van der Waals surface area contributed by atoms with E-state index in [0.717, 1.165) is 6.08 Å². The molecule has 0 saturated heterocycles. The standard InChI is InChI=1S/C15H11NO3S/c16-11-14(10-12-6-4-5-9-15(12)17)20(18,19)13-7-2-1-3-8-13/h1-10,17H/b14-10+. The number of benzene rings is 2. The van der Waals surface area contributed by atoms with Crippen LogP contribution in [0.4, 0.5) is 0 Å². The molecule has 0 aliphatic carbocycles. The number of nitrogens with zero attached hydrogens (tertiary/aromatic N) is 1. The molecule has 100 valence electrons. The average molecular weight is 285 g/mol. The molecule has 2 aromatic carbocycles. The van der Waals surface area contributed by atoms with Crippen molar-refractivity contribution < 1.29 is 13.5 Å². The van der Waals surface area contributed by atoms with Gasteiger partial charge in [0.1, 0.15) is 16.7 Å². The molecule has 0 aliphatic heterocycles. The fourth-order valence-corrected chi connectivity index (χ4v) is 2.82. The summed E-state index contributed by atoms with van der Waals surface area (Å²) in [5, 5.41) is 18.7. The molecule has 0 unspecified atom stereocenters. The van der Waals surface area contributed by atoms with E-state index in [1.165, 1.54) is 24.3 Å². The first-order valence-corrected chi connectivity index (χ1v) is 7.24. The van der Waals surface area contributed by atoms with Crippen molar-refractivity contribution in [3.05, 3.63) is 65.1 Å². The zero-order valence-electron chi connectivity index (χ0n) is 10.4. The van der Waals surface area contributed by atoms with Gasteiger partial charge in [-0.05, 0) is 24.3 Å². The molecule has 2 rings (SSSR count). The van der Waals surface area contributed by atoms with Gasteiger partial charge in [-0.3, -0.25) is 0 Å². The normalized spacial score (nSPS) is 11.8. The number of phenolic OH excluding ortho intramolecular Hbond substituents is 1.